The summed E-state index contributed by atoms with van der Waals surface area (Å²) in [7, 11) is 1.80. The van der Waals surface area contributed by atoms with Gasteiger partial charge in [0.1, 0.15) is 0 Å². The molecule has 1 rings (SSSR count). The van der Waals surface area contributed by atoms with Crippen LogP contribution in [0.15, 0.2) is 24.3 Å². The molecule has 0 heterocycles. The molecule has 4 heteroatoms. The van der Waals surface area contributed by atoms with Gasteiger partial charge in [0.25, 0.3) is 0 Å². The van der Waals surface area contributed by atoms with Gasteiger partial charge in [-0.3, -0.25) is 4.79 Å². The number of halogens is 1. The summed E-state index contributed by atoms with van der Waals surface area (Å²) in [5.41, 5.74) is 7.78. The molecule has 2 N–H and O–H groups in total. The molecular weight excluding hydrogens is 248 g/mol. The second kappa shape index (κ2) is 6.76. The molecule has 18 heavy (non-hydrogen) atoms. The molecule has 1 amide bonds. The van der Waals surface area contributed by atoms with E-state index in [9.17, 15) is 4.79 Å². The predicted octanol–water partition coefficient (Wildman–Crippen LogP) is 2.11. The highest BCUT2D eigenvalue weighted by Crippen LogP contribution is 2.24. The number of likely N-dealkylation sites (N-methyl/N-ethyl adjacent to an activating group) is 1. The highest BCUT2D eigenvalue weighted by molar-refractivity contribution is 5.85. The lowest BCUT2D eigenvalue weighted by atomic mass is 9.84. The average Bonchev–Trinajstić information content (AvgIpc) is 2.27. The average molecular weight is 271 g/mol. The van der Waals surface area contributed by atoms with Crippen LogP contribution in [-0.4, -0.2) is 30.9 Å². The first-order valence-electron chi connectivity index (χ1n) is 5.88. The molecule has 0 unspecified atom stereocenters. The predicted molar refractivity (Wildman–Crippen MR) is 78.1 cm³/mol. The van der Waals surface area contributed by atoms with Gasteiger partial charge in [-0.15, -0.1) is 12.4 Å². The minimum absolute atomic E-state index is 0. The van der Waals surface area contributed by atoms with Crippen LogP contribution in [0.5, 0.6) is 0 Å². The molecule has 0 aliphatic rings. The van der Waals surface area contributed by atoms with Crippen LogP contribution in [0, 0.1) is 6.92 Å². The van der Waals surface area contributed by atoms with Crippen molar-refractivity contribution in [2.75, 3.05) is 20.1 Å². The van der Waals surface area contributed by atoms with Crippen LogP contribution in [0.4, 0.5) is 0 Å². The van der Waals surface area contributed by atoms with Crippen LogP contribution in [0.1, 0.15) is 25.0 Å². The summed E-state index contributed by atoms with van der Waals surface area (Å²) < 4.78 is 0. The van der Waals surface area contributed by atoms with E-state index in [1.54, 1.807) is 11.9 Å². The monoisotopic (exact) mass is 270 g/mol. The maximum atomic E-state index is 11.5. The Balaban J connectivity index is 0.00000289. The molecule has 0 radical (unpaired) electrons. The second-order valence-electron chi connectivity index (χ2n) is 5.20. The Bertz CT molecular complexity index is 387. The Morgan fingerprint density at radius 1 is 1.28 bits per heavy atom. The second-order valence-corrected chi connectivity index (χ2v) is 5.20. The highest BCUT2D eigenvalue weighted by atomic mass is 35.5. The standard InChI is InChI=1S/C14H22N2O.ClH/c1-11-5-7-12(8-6-11)14(2,3)10-16(4)13(17)9-15;/h5-8H,9-10,15H2,1-4H3;1H. The van der Waals surface area contributed by atoms with E-state index in [4.69, 9.17) is 5.73 Å². The molecule has 0 aromatic heterocycles. The van der Waals surface area contributed by atoms with Gasteiger partial charge >= 0.3 is 0 Å². The van der Waals surface area contributed by atoms with Gasteiger partial charge in [0.2, 0.25) is 5.91 Å². The number of amides is 1. The first-order chi connectivity index (χ1) is 7.86. The van der Waals surface area contributed by atoms with Crippen LogP contribution < -0.4 is 5.73 Å². The van der Waals surface area contributed by atoms with Crippen LogP contribution in [0.25, 0.3) is 0 Å². The van der Waals surface area contributed by atoms with Gasteiger partial charge < -0.3 is 10.6 Å². The molecule has 0 fully saturated rings. The molecule has 1 aromatic carbocycles. The Morgan fingerprint density at radius 3 is 2.22 bits per heavy atom. The summed E-state index contributed by atoms with van der Waals surface area (Å²) in [5, 5.41) is 0. The highest BCUT2D eigenvalue weighted by Gasteiger charge is 2.24. The summed E-state index contributed by atoms with van der Waals surface area (Å²) in [5.74, 6) is -0.0230. The summed E-state index contributed by atoms with van der Waals surface area (Å²) in [6.45, 7) is 7.09. The summed E-state index contributed by atoms with van der Waals surface area (Å²) in [6.07, 6.45) is 0. The SMILES string of the molecule is Cc1ccc(C(C)(C)CN(C)C(=O)CN)cc1.Cl. The molecule has 0 aliphatic carbocycles. The van der Waals surface area contributed by atoms with E-state index in [0.29, 0.717) is 6.54 Å². The minimum Gasteiger partial charge on any atom is -0.344 e. The van der Waals surface area contributed by atoms with Crippen molar-refractivity contribution in [3.8, 4) is 0 Å². The number of carbonyl (C=O) groups excluding carboxylic acids is 1. The molecule has 3 nitrogen and oxygen atoms in total. The van der Waals surface area contributed by atoms with Crippen molar-refractivity contribution < 1.29 is 4.79 Å². The molecule has 0 saturated carbocycles. The number of nitrogens with zero attached hydrogens (tertiary/aromatic N) is 1. The fourth-order valence-corrected chi connectivity index (χ4v) is 1.93. The van der Waals surface area contributed by atoms with Crippen molar-refractivity contribution in [1.82, 2.24) is 4.90 Å². The van der Waals surface area contributed by atoms with Crippen molar-refractivity contribution >= 4 is 18.3 Å². The van der Waals surface area contributed by atoms with Gasteiger partial charge in [-0.1, -0.05) is 43.7 Å². The Hall–Kier alpha value is -1.06. The first-order valence-corrected chi connectivity index (χ1v) is 5.88. The third-order valence-electron chi connectivity index (χ3n) is 3.07. The van der Waals surface area contributed by atoms with Crippen molar-refractivity contribution in [3.05, 3.63) is 35.4 Å². The Labute approximate surface area is 116 Å². The number of hydrogen-bond donors (Lipinski definition) is 1. The quantitative estimate of drug-likeness (QED) is 0.911. The van der Waals surface area contributed by atoms with E-state index in [0.717, 1.165) is 0 Å². The zero-order valence-corrected chi connectivity index (χ0v) is 12.4. The molecule has 0 saturated heterocycles. The fraction of sp³-hybridized carbons (Fsp3) is 0.500. The third kappa shape index (κ3) is 4.31. The van der Waals surface area contributed by atoms with Crippen LogP contribution in [0.3, 0.4) is 0 Å². The zero-order chi connectivity index (χ0) is 13.1. The summed E-state index contributed by atoms with van der Waals surface area (Å²) in [6, 6.07) is 8.44. The number of carbonyl (C=O) groups is 1. The molecule has 0 bridgehead atoms. The molecule has 0 spiro atoms. The van der Waals surface area contributed by atoms with E-state index in [1.807, 2.05) is 0 Å². The van der Waals surface area contributed by atoms with E-state index in [2.05, 4.69) is 45.0 Å². The number of benzene rings is 1. The summed E-state index contributed by atoms with van der Waals surface area (Å²) in [4.78, 5) is 13.2. The van der Waals surface area contributed by atoms with Gasteiger partial charge in [-0.05, 0) is 12.5 Å². The van der Waals surface area contributed by atoms with E-state index in [-0.39, 0.29) is 30.3 Å². The maximum absolute atomic E-state index is 11.5. The molecular formula is C14H23ClN2O. The van der Waals surface area contributed by atoms with E-state index < -0.39 is 0 Å². The van der Waals surface area contributed by atoms with E-state index in [1.165, 1.54) is 11.1 Å². The largest absolute Gasteiger partial charge is 0.344 e. The first kappa shape index (κ1) is 16.9. The molecule has 102 valence electrons. The summed E-state index contributed by atoms with van der Waals surface area (Å²) >= 11 is 0. The Morgan fingerprint density at radius 2 is 1.78 bits per heavy atom. The fourth-order valence-electron chi connectivity index (χ4n) is 1.93. The molecule has 1 aromatic rings. The lowest BCUT2D eigenvalue weighted by molar-refractivity contribution is -0.129. The zero-order valence-electron chi connectivity index (χ0n) is 11.6. The lowest BCUT2D eigenvalue weighted by Crippen LogP contribution is -2.41. The van der Waals surface area contributed by atoms with E-state index >= 15 is 0 Å². The van der Waals surface area contributed by atoms with Gasteiger partial charge in [0.05, 0.1) is 6.54 Å². The van der Waals surface area contributed by atoms with Crippen LogP contribution in [0.2, 0.25) is 0 Å². The number of rotatable bonds is 4. The lowest BCUT2D eigenvalue weighted by Gasteiger charge is -2.30. The van der Waals surface area contributed by atoms with Crippen molar-refractivity contribution in [3.63, 3.8) is 0 Å². The van der Waals surface area contributed by atoms with Gasteiger partial charge in [0, 0.05) is 19.0 Å². The molecule has 0 aliphatic heterocycles. The number of aryl methyl sites for hydroxylation is 1. The van der Waals surface area contributed by atoms with Crippen LogP contribution in [-0.2, 0) is 10.2 Å². The Kier molecular flexibility index (Phi) is 6.36. The smallest absolute Gasteiger partial charge is 0.236 e. The van der Waals surface area contributed by atoms with Gasteiger partial charge in [-0.2, -0.15) is 0 Å². The van der Waals surface area contributed by atoms with Crippen molar-refractivity contribution in [1.29, 1.82) is 0 Å². The topological polar surface area (TPSA) is 46.3 Å². The van der Waals surface area contributed by atoms with Crippen molar-refractivity contribution in [2.45, 2.75) is 26.2 Å². The van der Waals surface area contributed by atoms with Gasteiger partial charge in [0.15, 0.2) is 0 Å². The number of hydrogen-bond acceptors (Lipinski definition) is 2. The third-order valence-corrected chi connectivity index (χ3v) is 3.07. The van der Waals surface area contributed by atoms with Crippen molar-refractivity contribution in [2.24, 2.45) is 5.73 Å². The van der Waals surface area contributed by atoms with Gasteiger partial charge in [-0.25, -0.2) is 0 Å². The van der Waals surface area contributed by atoms with Crippen LogP contribution >= 0.6 is 12.4 Å². The normalized spacial score (nSPS) is 10.7. The number of nitrogens with two attached hydrogens (primary N) is 1. The molecule has 0 atom stereocenters. The minimum atomic E-state index is -0.0622. The maximum Gasteiger partial charge on any atom is 0.236 e.